The van der Waals surface area contributed by atoms with Gasteiger partial charge in [0.15, 0.2) is 0 Å². The van der Waals surface area contributed by atoms with Crippen molar-refractivity contribution in [1.82, 2.24) is 0 Å². The monoisotopic (exact) mass is 143 g/mol. The highest BCUT2D eigenvalue weighted by molar-refractivity contribution is 7.99. The first-order valence-corrected chi connectivity index (χ1v) is 4.28. The Labute approximate surface area is 61.4 Å². The van der Waals surface area contributed by atoms with Gasteiger partial charge in [-0.2, -0.15) is 11.8 Å². The molecule has 0 heterocycles. The Bertz CT molecular complexity index is 85.4. The van der Waals surface area contributed by atoms with Gasteiger partial charge in [0.2, 0.25) is 0 Å². The Balaban J connectivity index is 2.69. The van der Waals surface area contributed by atoms with Gasteiger partial charge in [0, 0.05) is 18.7 Å². The second-order valence-corrected chi connectivity index (χ2v) is 2.93. The average molecular weight is 143 g/mol. The average Bonchev–Trinajstić information content (AvgIpc) is 1.89. The molecule has 0 aromatic carbocycles. The van der Waals surface area contributed by atoms with Crippen molar-refractivity contribution >= 4 is 11.8 Å². The van der Waals surface area contributed by atoms with Crippen LogP contribution in [0, 0.1) is 12.3 Å². The number of thioether (sulfide) groups is 1. The van der Waals surface area contributed by atoms with Crippen LogP contribution in [0.25, 0.3) is 0 Å². The molecular weight excluding hydrogens is 130 g/mol. The molecule has 0 spiro atoms. The molecule has 0 saturated carbocycles. The van der Waals surface area contributed by atoms with Gasteiger partial charge in [-0.3, -0.25) is 0 Å². The molecular formula is C7H13NS. The molecule has 0 saturated heterocycles. The van der Waals surface area contributed by atoms with E-state index >= 15 is 0 Å². The van der Waals surface area contributed by atoms with E-state index in [1.54, 1.807) is 0 Å². The van der Waals surface area contributed by atoms with Gasteiger partial charge in [-0.1, -0.05) is 0 Å². The molecule has 0 aromatic rings. The van der Waals surface area contributed by atoms with E-state index in [2.05, 4.69) is 5.92 Å². The predicted octanol–water partition coefficient (Wildman–Crippen LogP) is 1.09. The summed E-state index contributed by atoms with van der Waals surface area (Å²) in [6.07, 6.45) is 7.09. The van der Waals surface area contributed by atoms with Gasteiger partial charge >= 0.3 is 0 Å². The molecule has 2 heteroatoms. The van der Waals surface area contributed by atoms with Crippen LogP contribution in [0.5, 0.6) is 0 Å². The van der Waals surface area contributed by atoms with Crippen molar-refractivity contribution in [2.45, 2.75) is 12.8 Å². The van der Waals surface area contributed by atoms with Crippen molar-refractivity contribution in [3.05, 3.63) is 0 Å². The smallest absolute Gasteiger partial charge is 0.00939 e. The van der Waals surface area contributed by atoms with E-state index in [-0.39, 0.29) is 0 Å². The lowest BCUT2D eigenvalue weighted by Crippen LogP contribution is -2.01. The van der Waals surface area contributed by atoms with Crippen LogP contribution in [0.1, 0.15) is 12.8 Å². The summed E-state index contributed by atoms with van der Waals surface area (Å²) < 4.78 is 0. The minimum Gasteiger partial charge on any atom is -0.330 e. The summed E-state index contributed by atoms with van der Waals surface area (Å²) in [5.74, 6) is 4.81. The predicted molar refractivity (Wildman–Crippen MR) is 44.4 cm³/mol. The highest BCUT2D eigenvalue weighted by atomic mass is 32.2. The summed E-state index contributed by atoms with van der Waals surface area (Å²) in [6, 6.07) is 0. The van der Waals surface area contributed by atoms with E-state index in [4.69, 9.17) is 12.2 Å². The molecule has 0 aliphatic carbocycles. The first-order chi connectivity index (χ1) is 4.41. The van der Waals surface area contributed by atoms with Crippen LogP contribution in [0.3, 0.4) is 0 Å². The zero-order chi connectivity index (χ0) is 6.95. The summed E-state index contributed by atoms with van der Waals surface area (Å²) in [5.41, 5.74) is 5.28. The second-order valence-electron chi connectivity index (χ2n) is 1.71. The highest BCUT2D eigenvalue weighted by Gasteiger charge is 1.84. The Morgan fingerprint density at radius 2 is 2.22 bits per heavy atom. The molecule has 0 fully saturated rings. The largest absolute Gasteiger partial charge is 0.330 e. The number of nitrogens with two attached hydrogens (primary N) is 1. The van der Waals surface area contributed by atoms with Crippen LogP contribution < -0.4 is 5.73 Å². The van der Waals surface area contributed by atoms with Crippen LogP contribution in [0.15, 0.2) is 0 Å². The normalized spacial score (nSPS) is 8.89. The van der Waals surface area contributed by atoms with Crippen molar-refractivity contribution in [3.8, 4) is 12.3 Å². The number of terminal acetylenes is 1. The van der Waals surface area contributed by atoms with Gasteiger partial charge in [0.25, 0.3) is 0 Å². The Kier molecular flexibility index (Phi) is 7.76. The molecule has 52 valence electrons. The van der Waals surface area contributed by atoms with Gasteiger partial charge < -0.3 is 5.73 Å². The molecule has 0 bridgehead atoms. The minimum atomic E-state index is 0.778. The summed E-state index contributed by atoms with van der Waals surface area (Å²) in [7, 11) is 0. The summed E-state index contributed by atoms with van der Waals surface area (Å²) >= 11 is 1.87. The Hall–Kier alpha value is -0.130. The third-order valence-electron chi connectivity index (χ3n) is 0.872. The minimum absolute atomic E-state index is 0.778. The first-order valence-electron chi connectivity index (χ1n) is 3.13. The number of hydrogen-bond acceptors (Lipinski definition) is 2. The van der Waals surface area contributed by atoms with Crippen molar-refractivity contribution in [2.24, 2.45) is 5.73 Å². The number of unbranched alkanes of at least 4 members (excludes halogenated alkanes) is 1. The van der Waals surface area contributed by atoms with Crippen LogP contribution >= 0.6 is 11.8 Å². The SMILES string of the molecule is C#CCCCSCCN. The maximum Gasteiger partial charge on any atom is 0.00939 e. The lowest BCUT2D eigenvalue weighted by Gasteiger charge is -1.94. The Morgan fingerprint density at radius 1 is 1.44 bits per heavy atom. The maximum absolute atomic E-state index is 5.28. The Morgan fingerprint density at radius 3 is 2.78 bits per heavy atom. The van der Waals surface area contributed by atoms with Gasteiger partial charge in [-0.05, 0) is 12.2 Å². The van der Waals surface area contributed by atoms with Crippen LogP contribution in [0.2, 0.25) is 0 Å². The zero-order valence-electron chi connectivity index (χ0n) is 5.60. The van der Waals surface area contributed by atoms with Crippen LogP contribution in [-0.4, -0.2) is 18.1 Å². The second kappa shape index (κ2) is 7.87. The first kappa shape index (κ1) is 8.87. The van der Waals surface area contributed by atoms with Gasteiger partial charge in [0.1, 0.15) is 0 Å². The molecule has 0 aromatic heterocycles. The van der Waals surface area contributed by atoms with Crippen molar-refractivity contribution < 1.29 is 0 Å². The molecule has 2 N–H and O–H groups in total. The molecule has 0 unspecified atom stereocenters. The van der Waals surface area contributed by atoms with Gasteiger partial charge in [0.05, 0.1) is 0 Å². The lowest BCUT2D eigenvalue weighted by molar-refractivity contribution is 0.995. The van der Waals surface area contributed by atoms with E-state index < -0.39 is 0 Å². The fourth-order valence-corrected chi connectivity index (χ4v) is 1.18. The van der Waals surface area contributed by atoms with Gasteiger partial charge in [-0.25, -0.2) is 0 Å². The summed E-state index contributed by atoms with van der Waals surface area (Å²) in [6.45, 7) is 0.778. The zero-order valence-corrected chi connectivity index (χ0v) is 6.41. The lowest BCUT2D eigenvalue weighted by atomic mass is 10.4. The van der Waals surface area contributed by atoms with Crippen LogP contribution in [-0.2, 0) is 0 Å². The van der Waals surface area contributed by atoms with Crippen LogP contribution in [0.4, 0.5) is 0 Å². The third-order valence-corrected chi connectivity index (χ3v) is 1.97. The maximum atomic E-state index is 5.28. The molecule has 0 rings (SSSR count). The summed E-state index contributed by atoms with van der Waals surface area (Å²) in [5, 5.41) is 0. The standard InChI is InChI=1S/C7H13NS/c1-2-3-4-6-9-7-5-8/h1H,3-8H2. The van der Waals surface area contributed by atoms with E-state index in [0.717, 1.165) is 30.9 Å². The number of hydrogen-bond donors (Lipinski definition) is 1. The number of rotatable bonds is 5. The molecule has 1 nitrogen and oxygen atoms in total. The molecule has 0 atom stereocenters. The fourth-order valence-electron chi connectivity index (χ4n) is 0.462. The highest BCUT2D eigenvalue weighted by Crippen LogP contribution is 2.01. The van der Waals surface area contributed by atoms with E-state index in [1.165, 1.54) is 0 Å². The van der Waals surface area contributed by atoms with Crippen molar-refractivity contribution in [1.29, 1.82) is 0 Å². The van der Waals surface area contributed by atoms with Crippen molar-refractivity contribution in [3.63, 3.8) is 0 Å². The fraction of sp³-hybridized carbons (Fsp3) is 0.714. The topological polar surface area (TPSA) is 26.0 Å². The van der Waals surface area contributed by atoms with E-state index in [1.807, 2.05) is 11.8 Å². The molecule has 0 amide bonds. The quantitative estimate of drug-likeness (QED) is 0.460. The van der Waals surface area contributed by atoms with E-state index in [0.29, 0.717) is 0 Å². The van der Waals surface area contributed by atoms with Crippen molar-refractivity contribution in [2.75, 3.05) is 18.1 Å². The van der Waals surface area contributed by atoms with E-state index in [9.17, 15) is 0 Å². The molecule has 0 radical (unpaired) electrons. The van der Waals surface area contributed by atoms with Gasteiger partial charge in [-0.15, -0.1) is 12.3 Å². The molecule has 9 heavy (non-hydrogen) atoms. The molecule has 0 aliphatic heterocycles. The molecule has 0 aliphatic rings. The summed E-state index contributed by atoms with van der Waals surface area (Å²) in [4.78, 5) is 0. The third kappa shape index (κ3) is 7.87.